The smallest absolute Gasteiger partial charge is 0.157 e. The van der Waals surface area contributed by atoms with Gasteiger partial charge >= 0.3 is 0 Å². The van der Waals surface area contributed by atoms with Crippen molar-refractivity contribution >= 4 is 11.5 Å². The zero-order valence-electron chi connectivity index (χ0n) is 13.1. The zero-order valence-corrected chi connectivity index (χ0v) is 13.9. The molecule has 8 heteroatoms. The van der Waals surface area contributed by atoms with Gasteiger partial charge in [0, 0.05) is 29.3 Å². The Morgan fingerprint density at radius 2 is 2.12 bits per heavy atom. The lowest BCUT2D eigenvalue weighted by Gasteiger charge is -2.24. The van der Waals surface area contributed by atoms with E-state index in [4.69, 9.17) is 0 Å². The number of aliphatic hydroxyl groups is 1. The molecule has 3 aromatic heterocycles. The standard InChI is InChI=1S/C16H18N6OS/c23-14(13-8-22(20-18-13)11-2-1-3-11)12-9-24-19-16(12)21-7-6-17-15(21)10-4-5-10/h6-11,14,23H,1-5H2. The molecule has 1 N–H and O–H groups in total. The molecule has 0 spiro atoms. The van der Waals surface area contributed by atoms with Crippen LogP contribution in [0.4, 0.5) is 0 Å². The van der Waals surface area contributed by atoms with E-state index in [1.807, 2.05) is 27.0 Å². The monoisotopic (exact) mass is 342 g/mol. The highest BCUT2D eigenvalue weighted by Crippen LogP contribution is 2.40. The number of hydrogen-bond acceptors (Lipinski definition) is 6. The summed E-state index contributed by atoms with van der Waals surface area (Å²) in [4.78, 5) is 4.47. The first kappa shape index (κ1) is 14.3. The highest BCUT2D eigenvalue weighted by molar-refractivity contribution is 7.03. The first-order valence-electron chi connectivity index (χ1n) is 8.39. The van der Waals surface area contributed by atoms with E-state index in [9.17, 15) is 5.11 Å². The van der Waals surface area contributed by atoms with Gasteiger partial charge in [0.05, 0.1) is 12.2 Å². The average molecular weight is 342 g/mol. The molecule has 2 aliphatic carbocycles. The van der Waals surface area contributed by atoms with E-state index in [2.05, 4.69) is 19.7 Å². The summed E-state index contributed by atoms with van der Waals surface area (Å²) >= 11 is 1.34. The molecule has 0 amide bonds. The van der Waals surface area contributed by atoms with Crippen LogP contribution in [0.15, 0.2) is 24.0 Å². The molecular formula is C16H18N6OS. The predicted octanol–water partition coefficient (Wildman–Crippen LogP) is 2.60. The number of aromatic nitrogens is 6. The molecule has 1 unspecified atom stereocenters. The molecule has 3 heterocycles. The second-order valence-electron chi connectivity index (χ2n) is 6.63. The summed E-state index contributed by atoms with van der Waals surface area (Å²) in [6.07, 6.45) is 10.6. The molecule has 2 fully saturated rings. The summed E-state index contributed by atoms with van der Waals surface area (Å²) < 4.78 is 8.38. The third-order valence-corrected chi connectivity index (χ3v) is 5.61. The first-order valence-corrected chi connectivity index (χ1v) is 9.22. The molecule has 2 aliphatic rings. The van der Waals surface area contributed by atoms with Crippen molar-refractivity contribution in [2.24, 2.45) is 0 Å². The van der Waals surface area contributed by atoms with E-state index in [1.165, 1.54) is 30.8 Å². The number of hydrogen-bond donors (Lipinski definition) is 1. The fraction of sp³-hybridized carbons (Fsp3) is 0.500. The lowest BCUT2D eigenvalue weighted by molar-refractivity contribution is 0.215. The Bertz CT molecular complexity index is 859. The van der Waals surface area contributed by atoms with Crippen LogP contribution in [0.1, 0.15) is 67.2 Å². The van der Waals surface area contributed by atoms with Gasteiger partial charge in [0.1, 0.15) is 17.6 Å². The van der Waals surface area contributed by atoms with Gasteiger partial charge in [0.15, 0.2) is 5.82 Å². The number of rotatable bonds is 5. The van der Waals surface area contributed by atoms with Crippen LogP contribution in [0, 0.1) is 0 Å². The largest absolute Gasteiger partial charge is 0.382 e. The fourth-order valence-electron chi connectivity index (χ4n) is 3.15. The van der Waals surface area contributed by atoms with Crippen LogP contribution in [-0.4, -0.2) is 34.0 Å². The molecular weight excluding hydrogens is 324 g/mol. The van der Waals surface area contributed by atoms with Gasteiger partial charge in [-0.2, -0.15) is 4.37 Å². The third kappa shape index (κ3) is 2.29. The molecule has 124 valence electrons. The zero-order chi connectivity index (χ0) is 16.1. The third-order valence-electron chi connectivity index (χ3n) is 4.97. The van der Waals surface area contributed by atoms with Crippen LogP contribution < -0.4 is 0 Å². The summed E-state index contributed by atoms with van der Waals surface area (Å²) in [5.41, 5.74) is 1.34. The number of aliphatic hydroxyl groups excluding tert-OH is 1. The van der Waals surface area contributed by atoms with Crippen molar-refractivity contribution in [1.82, 2.24) is 28.9 Å². The predicted molar refractivity (Wildman–Crippen MR) is 88.2 cm³/mol. The minimum absolute atomic E-state index is 0.439. The van der Waals surface area contributed by atoms with Gasteiger partial charge in [-0.1, -0.05) is 5.21 Å². The molecule has 0 radical (unpaired) electrons. The minimum Gasteiger partial charge on any atom is -0.382 e. The number of imidazole rings is 1. The van der Waals surface area contributed by atoms with E-state index in [0.29, 0.717) is 17.7 Å². The molecule has 0 aromatic carbocycles. The highest BCUT2D eigenvalue weighted by Gasteiger charge is 2.31. The first-order chi connectivity index (χ1) is 11.8. The Kier molecular flexibility index (Phi) is 3.27. The van der Waals surface area contributed by atoms with E-state index in [0.717, 1.165) is 30.0 Å². The second kappa shape index (κ2) is 5.49. The van der Waals surface area contributed by atoms with Crippen LogP contribution in [0.5, 0.6) is 0 Å². The van der Waals surface area contributed by atoms with Gasteiger partial charge < -0.3 is 5.11 Å². The van der Waals surface area contributed by atoms with Crippen molar-refractivity contribution in [3.05, 3.63) is 41.1 Å². The Balaban J connectivity index is 1.47. The van der Waals surface area contributed by atoms with Gasteiger partial charge in [-0.3, -0.25) is 4.57 Å². The lowest BCUT2D eigenvalue weighted by Crippen LogP contribution is -2.17. The van der Waals surface area contributed by atoms with Gasteiger partial charge in [0.2, 0.25) is 0 Å². The summed E-state index contributed by atoms with van der Waals surface area (Å²) in [6, 6.07) is 0.439. The van der Waals surface area contributed by atoms with Gasteiger partial charge in [-0.05, 0) is 43.6 Å². The summed E-state index contributed by atoms with van der Waals surface area (Å²) in [7, 11) is 0. The molecule has 5 rings (SSSR count). The summed E-state index contributed by atoms with van der Waals surface area (Å²) in [6.45, 7) is 0. The Morgan fingerprint density at radius 1 is 1.25 bits per heavy atom. The highest BCUT2D eigenvalue weighted by atomic mass is 32.1. The average Bonchev–Trinajstić information content (AvgIpc) is 2.96. The van der Waals surface area contributed by atoms with Crippen LogP contribution in [0.3, 0.4) is 0 Å². The van der Waals surface area contributed by atoms with Crippen LogP contribution in [0.25, 0.3) is 5.82 Å². The normalized spacial score (nSPS) is 19.4. The molecule has 7 nitrogen and oxygen atoms in total. The molecule has 2 saturated carbocycles. The molecule has 0 bridgehead atoms. The molecule has 3 aromatic rings. The van der Waals surface area contributed by atoms with E-state index in [-0.39, 0.29) is 0 Å². The van der Waals surface area contributed by atoms with Crippen LogP contribution in [-0.2, 0) is 0 Å². The molecule has 0 saturated heterocycles. The fourth-order valence-corrected chi connectivity index (χ4v) is 3.84. The summed E-state index contributed by atoms with van der Waals surface area (Å²) in [5.74, 6) is 2.31. The van der Waals surface area contributed by atoms with Crippen molar-refractivity contribution in [3.63, 3.8) is 0 Å². The minimum atomic E-state index is -0.818. The Labute approximate surface area is 143 Å². The topological polar surface area (TPSA) is 81.6 Å². The Hall–Kier alpha value is -2.06. The van der Waals surface area contributed by atoms with Crippen molar-refractivity contribution in [2.75, 3.05) is 0 Å². The van der Waals surface area contributed by atoms with E-state index < -0.39 is 6.10 Å². The second-order valence-corrected chi connectivity index (χ2v) is 7.26. The van der Waals surface area contributed by atoms with Crippen molar-refractivity contribution in [1.29, 1.82) is 0 Å². The maximum absolute atomic E-state index is 10.8. The number of nitrogens with zero attached hydrogens (tertiary/aromatic N) is 6. The molecule has 24 heavy (non-hydrogen) atoms. The van der Waals surface area contributed by atoms with E-state index in [1.54, 1.807) is 6.20 Å². The summed E-state index contributed by atoms with van der Waals surface area (Å²) in [5, 5.41) is 21.1. The quantitative estimate of drug-likeness (QED) is 0.771. The SMILES string of the molecule is OC(c1cn(C2CCC2)nn1)c1csnc1-n1ccnc1C1CC1. The lowest BCUT2D eigenvalue weighted by atomic mass is 9.93. The van der Waals surface area contributed by atoms with Crippen molar-refractivity contribution < 1.29 is 5.11 Å². The van der Waals surface area contributed by atoms with E-state index >= 15 is 0 Å². The maximum atomic E-state index is 10.8. The Morgan fingerprint density at radius 3 is 2.88 bits per heavy atom. The van der Waals surface area contributed by atoms with Crippen molar-refractivity contribution in [2.45, 2.75) is 50.2 Å². The maximum Gasteiger partial charge on any atom is 0.157 e. The van der Waals surface area contributed by atoms with Gasteiger partial charge in [-0.15, -0.1) is 5.10 Å². The van der Waals surface area contributed by atoms with Gasteiger partial charge in [0.25, 0.3) is 0 Å². The molecule has 0 aliphatic heterocycles. The van der Waals surface area contributed by atoms with Gasteiger partial charge in [-0.25, -0.2) is 9.67 Å². The van der Waals surface area contributed by atoms with Crippen molar-refractivity contribution in [3.8, 4) is 5.82 Å². The van der Waals surface area contributed by atoms with Crippen LogP contribution in [0.2, 0.25) is 0 Å². The molecule has 1 atom stereocenters. The van der Waals surface area contributed by atoms with Crippen LogP contribution >= 0.6 is 11.5 Å².